The predicted molar refractivity (Wildman–Crippen MR) is 214 cm³/mol. The first-order valence-corrected chi connectivity index (χ1v) is 18.0. The maximum Gasteiger partial charge on any atom is 0.408 e. The summed E-state index contributed by atoms with van der Waals surface area (Å²) in [5, 5.41) is 14.5. The number of aromatic nitrogens is 2. The molecule has 6 aromatic rings. The lowest BCUT2D eigenvalue weighted by atomic mass is 10.1. The van der Waals surface area contributed by atoms with E-state index in [1.54, 1.807) is 46.8 Å². The number of pyridine rings is 2. The molecule has 0 aliphatic rings. The van der Waals surface area contributed by atoms with Gasteiger partial charge < -0.3 is 35.1 Å². The molecule has 2 amide bonds. The van der Waals surface area contributed by atoms with Gasteiger partial charge in [-0.15, -0.1) is 0 Å². The molecule has 0 saturated carbocycles. The number of hydrogen-bond donors (Lipinski definition) is 3. The van der Waals surface area contributed by atoms with E-state index in [9.17, 15) is 9.59 Å². The number of amides is 2. The number of hydrogen-bond acceptors (Lipinski definition) is 9. The van der Waals surface area contributed by atoms with Crippen LogP contribution in [0.5, 0.6) is 11.5 Å². The third-order valence-electron chi connectivity index (χ3n) is 8.67. The topological polar surface area (TPSA) is 127 Å². The zero-order chi connectivity index (χ0) is 37.9. The van der Waals surface area contributed by atoms with Crippen molar-refractivity contribution in [3.63, 3.8) is 0 Å². The summed E-state index contributed by atoms with van der Waals surface area (Å²) in [6, 6.07) is 21.7. The molecule has 0 fully saturated rings. The van der Waals surface area contributed by atoms with Crippen LogP contribution in [0.25, 0.3) is 43.6 Å². The van der Waals surface area contributed by atoms with Crippen LogP contribution in [-0.4, -0.2) is 78.9 Å². The Bertz CT molecular complexity index is 2190. The maximum atomic E-state index is 14.0. The Kier molecular flexibility index (Phi) is 11.2. The summed E-state index contributed by atoms with van der Waals surface area (Å²) in [5.41, 5.74) is 3.98. The number of alkyl carbamates (subject to hydrolysis) is 1. The minimum absolute atomic E-state index is 0.268. The van der Waals surface area contributed by atoms with E-state index in [1.807, 2.05) is 72.8 Å². The Morgan fingerprint density at radius 1 is 0.698 bits per heavy atom. The average molecular weight is 758 g/mol. The van der Waals surface area contributed by atoms with E-state index in [-0.39, 0.29) is 5.91 Å². The Morgan fingerprint density at radius 3 is 1.60 bits per heavy atom. The fraction of sp³-hybridized carbons (Fsp3) is 0.300. The van der Waals surface area contributed by atoms with Crippen molar-refractivity contribution in [2.75, 3.05) is 51.0 Å². The molecule has 276 valence electrons. The number of anilines is 2. The van der Waals surface area contributed by atoms with E-state index < -0.39 is 17.7 Å². The molecule has 11 nitrogen and oxygen atoms in total. The maximum absolute atomic E-state index is 14.0. The van der Waals surface area contributed by atoms with Gasteiger partial charge in [0.2, 0.25) is 5.91 Å². The van der Waals surface area contributed by atoms with Crippen molar-refractivity contribution in [1.82, 2.24) is 20.2 Å². The highest BCUT2D eigenvalue weighted by Crippen LogP contribution is 2.35. The second kappa shape index (κ2) is 15.8. The van der Waals surface area contributed by atoms with Crippen LogP contribution in [-0.2, 0) is 9.53 Å². The summed E-state index contributed by atoms with van der Waals surface area (Å²) in [6.07, 6.45) is -0.667. The first-order chi connectivity index (χ1) is 25.3. The van der Waals surface area contributed by atoms with Gasteiger partial charge in [0.05, 0.1) is 47.7 Å². The first kappa shape index (κ1) is 37.5. The van der Waals surface area contributed by atoms with E-state index in [0.717, 1.165) is 55.0 Å². The molecule has 1 atom stereocenters. The second-order valence-electron chi connectivity index (χ2n) is 13.6. The quantitative estimate of drug-likeness (QED) is 0.105. The van der Waals surface area contributed by atoms with Crippen LogP contribution in [0.3, 0.4) is 0 Å². The van der Waals surface area contributed by atoms with Crippen molar-refractivity contribution in [2.24, 2.45) is 0 Å². The molecule has 13 heteroatoms. The van der Waals surface area contributed by atoms with Gasteiger partial charge in [-0.2, -0.15) is 0 Å². The van der Waals surface area contributed by atoms with E-state index >= 15 is 0 Å². The van der Waals surface area contributed by atoms with Crippen LogP contribution in [0.15, 0.2) is 72.8 Å². The number of fused-ring (bicyclic) bond motifs is 4. The monoisotopic (exact) mass is 756 g/mol. The molecular formula is C40H42Cl2N6O5. The van der Waals surface area contributed by atoms with Gasteiger partial charge in [0.1, 0.15) is 23.1 Å². The van der Waals surface area contributed by atoms with Crippen LogP contribution >= 0.6 is 23.2 Å². The fourth-order valence-corrected chi connectivity index (χ4v) is 6.54. The molecule has 6 rings (SSSR count). The summed E-state index contributed by atoms with van der Waals surface area (Å²) in [4.78, 5) is 38.1. The molecule has 2 heterocycles. The van der Waals surface area contributed by atoms with Crippen LogP contribution in [0.2, 0.25) is 10.0 Å². The highest BCUT2D eigenvalue weighted by molar-refractivity contribution is 6.32. The van der Waals surface area contributed by atoms with E-state index in [0.29, 0.717) is 47.7 Å². The number of carbonyl (C=O) groups excluding carboxylic acids is 2. The number of nitrogens with zero attached hydrogens (tertiary/aromatic N) is 3. The van der Waals surface area contributed by atoms with Crippen molar-refractivity contribution >= 4 is 90.2 Å². The van der Waals surface area contributed by atoms with E-state index in [2.05, 4.69) is 16.0 Å². The lowest BCUT2D eigenvalue weighted by molar-refractivity contribution is -0.132. The largest absolute Gasteiger partial charge is 0.497 e. The summed E-state index contributed by atoms with van der Waals surface area (Å²) >= 11 is 12.7. The lowest BCUT2D eigenvalue weighted by Crippen LogP contribution is -2.50. The third kappa shape index (κ3) is 8.69. The summed E-state index contributed by atoms with van der Waals surface area (Å²) in [6.45, 7) is 8.36. The van der Waals surface area contributed by atoms with Crippen LogP contribution in [0, 0.1) is 0 Å². The number of ether oxygens (including phenoxy) is 3. The van der Waals surface area contributed by atoms with E-state index in [1.165, 1.54) is 0 Å². The number of halogens is 2. The normalized spacial score (nSPS) is 12.2. The van der Waals surface area contributed by atoms with Crippen LogP contribution in [0.1, 0.15) is 27.7 Å². The van der Waals surface area contributed by atoms with Gasteiger partial charge in [0.15, 0.2) is 0 Å². The van der Waals surface area contributed by atoms with Gasteiger partial charge in [0, 0.05) is 57.8 Å². The number of nitrogens with one attached hydrogen (secondary N) is 3. The Balaban J connectivity index is 1.28. The second-order valence-corrected chi connectivity index (χ2v) is 14.5. The van der Waals surface area contributed by atoms with Gasteiger partial charge in [-0.25, -0.2) is 14.8 Å². The molecule has 3 N–H and O–H groups in total. The predicted octanol–water partition coefficient (Wildman–Crippen LogP) is 8.68. The van der Waals surface area contributed by atoms with Crippen LogP contribution in [0.4, 0.5) is 16.2 Å². The third-order valence-corrected chi connectivity index (χ3v) is 9.14. The molecule has 53 heavy (non-hydrogen) atoms. The van der Waals surface area contributed by atoms with Crippen molar-refractivity contribution in [1.29, 1.82) is 0 Å². The Morgan fingerprint density at radius 2 is 1.17 bits per heavy atom. The van der Waals surface area contributed by atoms with Crippen molar-refractivity contribution in [3.05, 3.63) is 82.8 Å². The fourth-order valence-electron chi connectivity index (χ4n) is 6.21. The van der Waals surface area contributed by atoms with Crippen molar-refractivity contribution in [3.8, 4) is 11.5 Å². The molecule has 0 unspecified atom stereocenters. The molecule has 2 aromatic heterocycles. The van der Waals surface area contributed by atoms with Gasteiger partial charge in [-0.05, 0) is 100 Å². The van der Waals surface area contributed by atoms with Crippen molar-refractivity contribution < 1.29 is 23.8 Å². The highest BCUT2D eigenvalue weighted by atomic mass is 35.5. The minimum Gasteiger partial charge on any atom is -0.497 e. The molecule has 0 aliphatic carbocycles. The first-order valence-electron chi connectivity index (χ1n) is 17.2. The van der Waals surface area contributed by atoms with Gasteiger partial charge >= 0.3 is 6.09 Å². The molecule has 0 radical (unpaired) electrons. The number of benzene rings is 4. The molecule has 0 saturated heterocycles. The minimum atomic E-state index is -0.854. The molecule has 4 aromatic carbocycles. The molecule has 0 aliphatic heterocycles. The summed E-state index contributed by atoms with van der Waals surface area (Å²) < 4.78 is 16.5. The SMILES string of the molecule is COc1ccc2nc3cc(Cl)ccc3c(NCCN(CCNc3c4ccc(Cl)cc4nc4ccc(OC)cc34)C(=O)[C@@H](C)NC(=O)OC(C)(C)C)c2c1. The number of methoxy groups -OCH3 is 2. The standard InChI is InChI=1S/C40H42Cl2N6O5/c1-23(45-39(50)53-40(2,3)4)38(49)48(17-15-43-36-28-11-7-24(41)19-34(28)46-32-13-9-26(51-5)21-30(32)36)18-16-44-37-29-12-8-25(42)20-35(29)47-33-14-10-27(52-6)22-31(33)37/h7-14,19-23H,15-18H2,1-6H3,(H,43,46)(H,44,47)(H,45,50)/t23-/m1/s1. The number of rotatable bonds is 12. The lowest BCUT2D eigenvalue weighted by Gasteiger charge is -2.28. The summed E-state index contributed by atoms with van der Waals surface area (Å²) in [5.74, 6) is 1.11. The Labute approximate surface area is 317 Å². The molecule has 0 spiro atoms. The van der Waals surface area contributed by atoms with Crippen LogP contribution < -0.4 is 25.4 Å². The zero-order valence-corrected chi connectivity index (χ0v) is 32.0. The van der Waals surface area contributed by atoms with Crippen molar-refractivity contribution in [2.45, 2.75) is 39.3 Å². The van der Waals surface area contributed by atoms with Gasteiger partial charge in [-0.1, -0.05) is 23.2 Å². The smallest absolute Gasteiger partial charge is 0.408 e. The molecule has 0 bridgehead atoms. The zero-order valence-electron chi connectivity index (χ0n) is 30.5. The highest BCUT2D eigenvalue weighted by Gasteiger charge is 2.25. The average Bonchev–Trinajstić information content (AvgIpc) is 3.11. The molecular weight excluding hydrogens is 715 g/mol. The van der Waals surface area contributed by atoms with Gasteiger partial charge in [-0.3, -0.25) is 4.79 Å². The van der Waals surface area contributed by atoms with E-state index in [4.69, 9.17) is 47.4 Å². The summed E-state index contributed by atoms with van der Waals surface area (Å²) in [7, 11) is 3.24. The number of carbonyl (C=O) groups is 2. The Hall–Kier alpha value is -5.26. The van der Waals surface area contributed by atoms with Gasteiger partial charge in [0.25, 0.3) is 0 Å².